The van der Waals surface area contributed by atoms with Gasteiger partial charge in [-0.05, 0) is 73.3 Å². The average molecular weight is 504 g/mol. The Kier molecular flexibility index (Phi) is 8.02. The van der Waals surface area contributed by atoms with Crippen LogP contribution in [0, 0.1) is 11.8 Å². The predicted octanol–water partition coefficient (Wildman–Crippen LogP) is 4.58. The van der Waals surface area contributed by atoms with Crippen LogP contribution in [-0.2, 0) is 11.2 Å². The van der Waals surface area contributed by atoms with E-state index in [1.165, 1.54) is 16.7 Å². The van der Waals surface area contributed by atoms with E-state index in [0.717, 1.165) is 69.9 Å². The van der Waals surface area contributed by atoms with Gasteiger partial charge >= 0.3 is 0 Å². The number of benzene rings is 1. The summed E-state index contributed by atoms with van der Waals surface area (Å²) in [5.41, 5.74) is 4.37. The fraction of sp³-hybridized carbons (Fsp3) is 0.517. The van der Waals surface area contributed by atoms with Crippen LogP contribution in [0.15, 0.2) is 47.9 Å². The molecule has 3 aliphatic rings. The molecule has 1 aromatic heterocycles. The van der Waals surface area contributed by atoms with Gasteiger partial charge in [-0.1, -0.05) is 30.3 Å². The molecule has 196 valence electrons. The number of carbonyl (C=O) groups is 1. The summed E-state index contributed by atoms with van der Waals surface area (Å²) in [6.07, 6.45) is 12.4. The zero-order valence-corrected chi connectivity index (χ0v) is 21.7. The van der Waals surface area contributed by atoms with Gasteiger partial charge in [0.05, 0.1) is 18.9 Å². The van der Waals surface area contributed by atoms with Crippen molar-refractivity contribution in [1.82, 2.24) is 14.9 Å². The Morgan fingerprint density at radius 2 is 1.84 bits per heavy atom. The highest BCUT2D eigenvalue weighted by Crippen LogP contribution is 2.32. The van der Waals surface area contributed by atoms with Crippen LogP contribution in [0.5, 0.6) is 5.75 Å². The van der Waals surface area contributed by atoms with Crippen LogP contribution in [0.2, 0.25) is 0 Å². The van der Waals surface area contributed by atoms with E-state index in [1.54, 1.807) is 0 Å². The van der Waals surface area contributed by atoms with E-state index >= 15 is 0 Å². The van der Waals surface area contributed by atoms with Crippen molar-refractivity contribution >= 4 is 23.1 Å². The minimum Gasteiger partial charge on any atom is -0.493 e. The number of nitrogens with zero attached hydrogens (tertiary/aromatic N) is 5. The fourth-order valence-electron chi connectivity index (χ4n) is 5.46. The Balaban J connectivity index is 1.06. The van der Waals surface area contributed by atoms with E-state index in [4.69, 9.17) is 9.94 Å². The van der Waals surface area contributed by atoms with E-state index in [2.05, 4.69) is 57.3 Å². The monoisotopic (exact) mass is 503 g/mol. The third-order valence-electron chi connectivity index (χ3n) is 7.97. The van der Waals surface area contributed by atoms with Gasteiger partial charge in [-0.3, -0.25) is 4.79 Å². The maximum absolute atomic E-state index is 12.8. The Labute approximate surface area is 219 Å². The SMILES string of the molecule is CCc1cnc(N2CCC(COc3ccc(C4=CCC(C(=O)N5CCC(=NO)C5)CC4)cc3)CC2)nc1. The molecule has 1 unspecified atom stereocenters. The van der Waals surface area contributed by atoms with E-state index < -0.39 is 0 Å². The first-order chi connectivity index (χ1) is 18.1. The molecule has 1 aliphatic carbocycles. The van der Waals surface area contributed by atoms with Crippen molar-refractivity contribution in [1.29, 1.82) is 0 Å². The van der Waals surface area contributed by atoms with Crippen molar-refractivity contribution in [3.05, 3.63) is 53.9 Å². The zero-order chi connectivity index (χ0) is 25.6. The minimum absolute atomic E-state index is 0.0260. The molecule has 2 aliphatic heterocycles. The topological polar surface area (TPSA) is 91.2 Å². The lowest BCUT2D eigenvalue weighted by Gasteiger charge is -2.31. The van der Waals surface area contributed by atoms with Crippen LogP contribution >= 0.6 is 0 Å². The number of carbonyl (C=O) groups excluding carboxylic acids is 1. The second-order valence-corrected chi connectivity index (χ2v) is 10.4. The van der Waals surface area contributed by atoms with Crippen LogP contribution in [0.1, 0.15) is 56.6 Å². The number of piperidine rings is 1. The van der Waals surface area contributed by atoms with Gasteiger partial charge in [0.25, 0.3) is 0 Å². The summed E-state index contributed by atoms with van der Waals surface area (Å²) in [7, 11) is 0. The van der Waals surface area contributed by atoms with Crippen molar-refractivity contribution in [2.24, 2.45) is 17.0 Å². The number of oxime groups is 1. The summed E-state index contributed by atoms with van der Waals surface area (Å²) in [6.45, 7) is 5.89. The Hall–Kier alpha value is -3.42. The number of aromatic nitrogens is 2. The quantitative estimate of drug-likeness (QED) is 0.439. The van der Waals surface area contributed by atoms with Gasteiger partial charge < -0.3 is 19.7 Å². The first-order valence-corrected chi connectivity index (χ1v) is 13.6. The lowest BCUT2D eigenvalue weighted by atomic mass is 9.86. The molecule has 0 radical (unpaired) electrons. The summed E-state index contributed by atoms with van der Waals surface area (Å²) >= 11 is 0. The number of aryl methyl sites for hydroxylation is 1. The highest BCUT2D eigenvalue weighted by Gasteiger charge is 2.30. The predicted molar refractivity (Wildman–Crippen MR) is 144 cm³/mol. The molecular formula is C29H37N5O3. The molecule has 0 spiro atoms. The standard InChI is InChI=1S/C29H37N5O3/c1-2-21-17-30-29(31-18-21)33-14-11-22(12-15-33)20-37-27-9-7-24(8-10-27)23-3-5-25(6-4-23)28(35)34-16-13-26(19-34)32-36/h3,7-10,17-18,22,25,36H,2,4-6,11-16,19-20H2,1H3. The van der Waals surface area contributed by atoms with Gasteiger partial charge in [0.2, 0.25) is 11.9 Å². The number of rotatable bonds is 7. The lowest BCUT2D eigenvalue weighted by Crippen LogP contribution is -2.36. The molecule has 2 fully saturated rings. The van der Waals surface area contributed by atoms with Crippen LogP contribution < -0.4 is 9.64 Å². The van der Waals surface area contributed by atoms with E-state index in [0.29, 0.717) is 31.1 Å². The zero-order valence-electron chi connectivity index (χ0n) is 21.7. The molecule has 5 rings (SSSR count). The van der Waals surface area contributed by atoms with Crippen LogP contribution in [0.25, 0.3) is 5.57 Å². The summed E-state index contributed by atoms with van der Waals surface area (Å²) in [6, 6.07) is 8.39. The molecule has 3 heterocycles. The molecule has 2 aromatic rings. The molecular weight excluding hydrogens is 466 g/mol. The van der Waals surface area contributed by atoms with Crippen molar-refractivity contribution in [3.8, 4) is 5.75 Å². The molecule has 0 saturated carbocycles. The van der Waals surface area contributed by atoms with Crippen LogP contribution in [0.3, 0.4) is 0 Å². The van der Waals surface area contributed by atoms with Crippen LogP contribution in [0.4, 0.5) is 5.95 Å². The van der Waals surface area contributed by atoms with Crippen LogP contribution in [-0.4, -0.2) is 64.5 Å². The summed E-state index contributed by atoms with van der Waals surface area (Å²) in [5.74, 6) is 2.49. The maximum Gasteiger partial charge on any atom is 0.226 e. The van der Waals surface area contributed by atoms with Crippen molar-refractivity contribution in [2.75, 3.05) is 37.7 Å². The number of hydrogen-bond donors (Lipinski definition) is 1. The molecule has 1 amide bonds. The Morgan fingerprint density at radius 3 is 2.46 bits per heavy atom. The fourth-order valence-corrected chi connectivity index (χ4v) is 5.46. The van der Waals surface area contributed by atoms with E-state index in [1.807, 2.05) is 17.3 Å². The molecule has 2 saturated heterocycles. The van der Waals surface area contributed by atoms with Gasteiger partial charge in [-0.15, -0.1) is 0 Å². The number of amides is 1. The smallest absolute Gasteiger partial charge is 0.226 e. The van der Waals surface area contributed by atoms with Gasteiger partial charge in [0.15, 0.2) is 0 Å². The number of hydrogen-bond acceptors (Lipinski definition) is 7. The molecule has 37 heavy (non-hydrogen) atoms. The van der Waals surface area contributed by atoms with Crippen molar-refractivity contribution in [3.63, 3.8) is 0 Å². The number of likely N-dealkylation sites (tertiary alicyclic amines) is 1. The minimum atomic E-state index is 0.0260. The molecule has 8 nitrogen and oxygen atoms in total. The van der Waals surface area contributed by atoms with Gasteiger partial charge in [0, 0.05) is 44.4 Å². The maximum atomic E-state index is 12.8. The molecule has 1 N–H and O–H groups in total. The number of ether oxygens (including phenoxy) is 1. The van der Waals surface area contributed by atoms with E-state index in [-0.39, 0.29) is 11.8 Å². The summed E-state index contributed by atoms with van der Waals surface area (Å²) in [4.78, 5) is 25.9. The number of anilines is 1. The molecule has 0 bridgehead atoms. The first-order valence-electron chi connectivity index (χ1n) is 13.6. The first kappa shape index (κ1) is 25.2. The number of allylic oxidation sites excluding steroid dienone is 2. The van der Waals surface area contributed by atoms with Gasteiger partial charge in [0.1, 0.15) is 5.75 Å². The highest BCUT2D eigenvalue weighted by atomic mass is 16.5. The van der Waals surface area contributed by atoms with E-state index in [9.17, 15) is 4.79 Å². The van der Waals surface area contributed by atoms with Crippen molar-refractivity contribution < 1.29 is 14.7 Å². The lowest BCUT2D eigenvalue weighted by molar-refractivity contribution is -0.134. The molecule has 8 heteroatoms. The second kappa shape index (κ2) is 11.8. The van der Waals surface area contributed by atoms with Gasteiger partial charge in [-0.25, -0.2) is 9.97 Å². The normalized spacial score (nSPS) is 21.8. The van der Waals surface area contributed by atoms with Crippen molar-refractivity contribution in [2.45, 2.75) is 51.9 Å². The Morgan fingerprint density at radius 1 is 1.08 bits per heavy atom. The summed E-state index contributed by atoms with van der Waals surface area (Å²) in [5, 5.41) is 12.2. The molecule has 1 aromatic carbocycles. The molecule has 1 atom stereocenters. The highest BCUT2D eigenvalue weighted by molar-refractivity contribution is 5.93. The van der Waals surface area contributed by atoms with Gasteiger partial charge in [-0.2, -0.15) is 0 Å². The second-order valence-electron chi connectivity index (χ2n) is 10.4. The summed E-state index contributed by atoms with van der Waals surface area (Å²) < 4.78 is 6.14. The largest absolute Gasteiger partial charge is 0.493 e. The third-order valence-corrected chi connectivity index (χ3v) is 7.97. The Bertz CT molecular complexity index is 1120. The third kappa shape index (κ3) is 6.12. The average Bonchev–Trinajstić information content (AvgIpc) is 3.46.